The van der Waals surface area contributed by atoms with Crippen LogP contribution in [0.5, 0.6) is 5.75 Å². The van der Waals surface area contributed by atoms with E-state index in [-0.39, 0.29) is 5.13 Å². The fourth-order valence-corrected chi connectivity index (χ4v) is 3.71. The zero-order chi connectivity index (χ0) is 14.8. The first-order valence-electron chi connectivity index (χ1n) is 5.96. The van der Waals surface area contributed by atoms with E-state index in [1.165, 1.54) is 18.4 Å². The van der Waals surface area contributed by atoms with Crippen molar-refractivity contribution in [2.24, 2.45) is 0 Å². The number of nitrogens with zero attached hydrogens (tertiary/aromatic N) is 1. The molecule has 2 rings (SSSR count). The van der Waals surface area contributed by atoms with Gasteiger partial charge in [0, 0.05) is 18.3 Å². The predicted octanol–water partition coefficient (Wildman–Crippen LogP) is 1.54. The zero-order valence-electron chi connectivity index (χ0n) is 11.1. The molecule has 7 nitrogen and oxygen atoms in total. The van der Waals surface area contributed by atoms with Crippen LogP contribution in [0.2, 0.25) is 0 Å². The van der Waals surface area contributed by atoms with Crippen LogP contribution in [-0.2, 0) is 10.2 Å². The molecule has 0 aliphatic carbocycles. The minimum Gasteiger partial charge on any atom is -0.494 e. The first kappa shape index (κ1) is 14.8. The SMILES string of the molecule is CCCNS(=O)(=O)Nc1nc2c(OC)cc(N)cc2s1. The first-order chi connectivity index (χ1) is 9.45. The molecule has 1 aromatic heterocycles. The largest absolute Gasteiger partial charge is 0.494 e. The third kappa shape index (κ3) is 3.30. The van der Waals surface area contributed by atoms with Crippen LogP contribution in [0.1, 0.15) is 13.3 Å². The number of hydrogen-bond acceptors (Lipinski definition) is 6. The van der Waals surface area contributed by atoms with Gasteiger partial charge in [0.1, 0.15) is 11.3 Å². The number of aromatic nitrogens is 1. The molecule has 0 aliphatic rings. The average molecular weight is 316 g/mol. The highest BCUT2D eigenvalue weighted by atomic mass is 32.2. The Kier molecular flexibility index (Phi) is 4.31. The molecule has 0 fully saturated rings. The Bertz CT molecular complexity index is 712. The lowest BCUT2D eigenvalue weighted by atomic mass is 10.3. The molecule has 0 bridgehead atoms. The van der Waals surface area contributed by atoms with E-state index in [0.717, 1.165) is 4.70 Å². The van der Waals surface area contributed by atoms with Crippen molar-refractivity contribution >= 4 is 42.6 Å². The second kappa shape index (κ2) is 5.81. The minimum absolute atomic E-state index is 0.271. The summed E-state index contributed by atoms with van der Waals surface area (Å²) in [4.78, 5) is 4.23. The van der Waals surface area contributed by atoms with Gasteiger partial charge >= 0.3 is 10.2 Å². The smallest absolute Gasteiger partial charge is 0.300 e. The number of hydrogen-bond donors (Lipinski definition) is 3. The van der Waals surface area contributed by atoms with Crippen molar-refractivity contribution < 1.29 is 13.2 Å². The maximum atomic E-state index is 11.7. The molecule has 0 saturated carbocycles. The number of fused-ring (bicyclic) bond motifs is 1. The van der Waals surface area contributed by atoms with Gasteiger partial charge in [-0.05, 0) is 12.5 Å². The third-order valence-corrected chi connectivity index (χ3v) is 4.56. The van der Waals surface area contributed by atoms with Crippen LogP contribution in [0.15, 0.2) is 12.1 Å². The summed E-state index contributed by atoms with van der Waals surface area (Å²) >= 11 is 1.20. The van der Waals surface area contributed by atoms with Crippen LogP contribution in [0.4, 0.5) is 10.8 Å². The maximum absolute atomic E-state index is 11.7. The highest BCUT2D eigenvalue weighted by Crippen LogP contribution is 2.34. The number of rotatable bonds is 6. The molecular weight excluding hydrogens is 300 g/mol. The van der Waals surface area contributed by atoms with Gasteiger partial charge in [0.05, 0.1) is 11.8 Å². The highest BCUT2D eigenvalue weighted by Gasteiger charge is 2.15. The van der Waals surface area contributed by atoms with Gasteiger partial charge in [-0.2, -0.15) is 13.1 Å². The van der Waals surface area contributed by atoms with Crippen LogP contribution in [0.25, 0.3) is 10.2 Å². The molecule has 2 aromatic rings. The lowest BCUT2D eigenvalue weighted by Crippen LogP contribution is -2.30. The third-order valence-electron chi connectivity index (χ3n) is 2.47. The second-order valence-electron chi connectivity index (χ2n) is 4.09. The van der Waals surface area contributed by atoms with Crippen molar-refractivity contribution in [3.8, 4) is 5.75 Å². The Morgan fingerprint density at radius 1 is 1.45 bits per heavy atom. The monoisotopic (exact) mass is 316 g/mol. The number of methoxy groups -OCH3 is 1. The Hall–Kier alpha value is -1.58. The summed E-state index contributed by atoms with van der Waals surface area (Å²) in [5.74, 6) is 0.517. The van der Waals surface area contributed by atoms with Crippen molar-refractivity contribution in [2.75, 3.05) is 24.1 Å². The normalized spacial score (nSPS) is 11.7. The highest BCUT2D eigenvalue weighted by molar-refractivity contribution is 7.91. The standard InChI is InChI=1S/C11H16N4O3S2/c1-3-4-13-20(16,17)15-11-14-10-8(18-2)5-7(12)6-9(10)19-11/h5-6,13H,3-4,12H2,1-2H3,(H,14,15). The number of benzene rings is 1. The Balaban J connectivity index is 2.33. The van der Waals surface area contributed by atoms with E-state index in [0.29, 0.717) is 29.9 Å². The van der Waals surface area contributed by atoms with E-state index in [9.17, 15) is 8.42 Å². The molecular formula is C11H16N4O3S2. The first-order valence-corrected chi connectivity index (χ1v) is 8.26. The Morgan fingerprint density at radius 2 is 2.20 bits per heavy atom. The van der Waals surface area contributed by atoms with Gasteiger partial charge in [0.25, 0.3) is 0 Å². The van der Waals surface area contributed by atoms with Crippen molar-refractivity contribution in [2.45, 2.75) is 13.3 Å². The Morgan fingerprint density at radius 3 is 2.85 bits per heavy atom. The molecule has 110 valence electrons. The number of nitrogens with two attached hydrogens (primary N) is 1. The zero-order valence-corrected chi connectivity index (χ0v) is 12.8. The molecule has 9 heteroatoms. The molecule has 1 heterocycles. The number of anilines is 2. The average Bonchev–Trinajstić information content (AvgIpc) is 2.76. The lowest BCUT2D eigenvalue weighted by Gasteiger charge is -2.04. The summed E-state index contributed by atoms with van der Waals surface area (Å²) in [5, 5.41) is 0.271. The maximum Gasteiger partial charge on any atom is 0.300 e. The minimum atomic E-state index is -3.60. The fourth-order valence-electron chi connectivity index (χ4n) is 1.61. The van der Waals surface area contributed by atoms with Crippen molar-refractivity contribution in [1.82, 2.24) is 9.71 Å². The molecule has 0 atom stereocenters. The fraction of sp³-hybridized carbons (Fsp3) is 0.364. The molecule has 0 saturated heterocycles. The summed E-state index contributed by atoms with van der Waals surface area (Å²) in [6.45, 7) is 2.25. The van der Waals surface area contributed by atoms with Crippen molar-refractivity contribution in [3.63, 3.8) is 0 Å². The lowest BCUT2D eigenvalue weighted by molar-refractivity contribution is 0.419. The van der Waals surface area contributed by atoms with Gasteiger partial charge in [-0.15, -0.1) is 0 Å². The van der Waals surface area contributed by atoms with E-state index < -0.39 is 10.2 Å². The van der Waals surface area contributed by atoms with Crippen LogP contribution in [0.3, 0.4) is 0 Å². The molecule has 20 heavy (non-hydrogen) atoms. The molecule has 0 aliphatic heterocycles. The molecule has 0 radical (unpaired) electrons. The summed E-state index contributed by atoms with van der Waals surface area (Å²) in [6, 6.07) is 3.38. The van der Waals surface area contributed by atoms with Crippen LogP contribution >= 0.6 is 11.3 Å². The van der Waals surface area contributed by atoms with Gasteiger partial charge in [0.2, 0.25) is 0 Å². The van der Waals surface area contributed by atoms with Crippen molar-refractivity contribution in [3.05, 3.63) is 12.1 Å². The summed E-state index contributed by atoms with van der Waals surface area (Å²) in [5.41, 5.74) is 6.87. The quantitative estimate of drug-likeness (QED) is 0.701. The molecule has 0 spiro atoms. The molecule has 1 aromatic carbocycles. The van der Waals surface area contributed by atoms with Crippen LogP contribution in [0, 0.1) is 0 Å². The van der Waals surface area contributed by atoms with E-state index in [2.05, 4.69) is 14.4 Å². The Labute approximate surface area is 121 Å². The summed E-state index contributed by atoms with van der Waals surface area (Å²) in [7, 11) is -2.08. The number of ether oxygens (including phenoxy) is 1. The second-order valence-corrected chi connectivity index (χ2v) is 6.62. The van der Waals surface area contributed by atoms with E-state index in [4.69, 9.17) is 10.5 Å². The number of nitrogen functional groups attached to an aromatic ring is 1. The van der Waals surface area contributed by atoms with Gasteiger partial charge in [-0.25, -0.2) is 9.71 Å². The van der Waals surface area contributed by atoms with E-state index >= 15 is 0 Å². The van der Waals surface area contributed by atoms with Crippen LogP contribution in [-0.4, -0.2) is 27.1 Å². The predicted molar refractivity (Wildman–Crippen MR) is 81.4 cm³/mol. The van der Waals surface area contributed by atoms with Gasteiger partial charge < -0.3 is 10.5 Å². The molecule has 0 unspecified atom stereocenters. The van der Waals surface area contributed by atoms with Crippen LogP contribution < -0.4 is 19.9 Å². The number of thiazole rings is 1. The van der Waals surface area contributed by atoms with Gasteiger partial charge in [0.15, 0.2) is 5.13 Å². The molecule has 0 amide bonds. The topological polar surface area (TPSA) is 106 Å². The number of nitrogens with one attached hydrogen (secondary N) is 2. The van der Waals surface area contributed by atoms with Gasteiger partial charge in [-0.1, -0.05) is 18.3 Å². The van der Waals surface area contributed by atoms with Crippen molar-refractivity contribution in [1.29, 1.82) is 0 Å². The van der Waals surface area contributed by atoms with E-state index in [1.807, 2.05) is 6.92 Å². The summed E-state index contributed by atoms with van der Waals surface area (Å²) in [6.07, 6.45) is 0.713. The molecule has 4 N–H and O–H groups in total. The van der Waals surface area contributed by atoms with E-state index in [1.54, 1.807) is 12.1 Å². The summed E-state index contributed by atoms with van der Waals surface area (Å²) < 4.78 is 34.2. The van der Waals surface area contributed by atoms with Gasteiger partial charge in [-0.3, -0.25) is 0 Å².